The van der Waals surface area contributed by atoms with Crippen molar-refractivity contribution in [2.24, 2.45) is 0 Å². The molecule has 0 aliphatic carbocycles. The Hall–Kier alpha value is -2.45. The van der Waals surface area contributed by atoms with E-state index >= 15 is 0 Å². The monoisotopic (exact) mass is 352 g/mol. The third-order valence-electron chi connectivity index (χ3n) is 2.93. The number of nitrogens with zero attached hydrogens (tertiary/aromatic N) is 3. The highest BCUT2D eigenvalue weighted by Crippen LogP contribution is 2.22. The van der Waals surface area contributed by atoms with Gasteiger partial charge in [0.15, 0.2) is 5.82 Å². The summed E-state index contributed by atoms with van der Waals surface area (Å²) in [6.45, 7) is 0. The fraction of sp³-hybridized carbons (Fsp3) is 0. The average molecular weight is 353 g/mol. The molecule has 1 aromatic carbocycles. The molecule has 0 aliphatic heterocycles. The van der Waals surface area contributed by atoms with Gasteiger partial charge < -0.3 is 0 Å². The van der Waals surface area contributed by atoms with Crippen molar-refractivity contribution in [2.75, 3.05) is 4.72 Å². The van der Waals surface area contributed by atoms with Gasteiger partial charge >= 0.3 is 0 Å². The Bertz CT molecular complexity index is 944. The first-order chi connectivity index (χ1) is 11.0. The van der Waals surface area contributed by atoms with Crippen molar-refractivity contribution in [3.8, 4) is 5.82 Å². The predicted octanol–water partition coefficient (Wildman–Crippen LogP) is 2.86. The van der Waals surface area contributed by atoms with Crippen LogP contribution >= 0.6 is 11.6 Å². The van der Waals surface area contributed by atoms with E-state index in [2.05, 4.69) is 14.8 Å². The first-order valence-electron chi connectivity index (χ1n) is 6.41. The van der Waals surface area contributed by atoms with Gasteiger partial charge in [-0.15, -0.1) is 0 Å². The summed E-state index contributed by atoms with van der Waals surface area (Å²) in [5.41, 5.74) is 0. The van der Waals surface area contributed by atoms with E-state index in [0.717, 1.165) is 12.1 Å². The third-order valence-corrected chi connectivity index (χ3v) is 4.55. The molecular weight excluding hydrogens is 343 g/mol. The molecule has 0 amide bonds. The normalized spacial score (nSPS) is 11.4. The minimum absolute atomic E-state index is 0.111. The Morgan fingerprint density at radius 3 is 2.65 bits per heavy atom. The summed E-state index contributed by atoms with van der Waals surface area (Å²) in [4.78, 5) is 3.58. The topological polar surface area (TPSA) is 76.9 Å². The smallest absolute Gasteiger partial charge is 0.263 e. The van der Waals surface area contributed by atoms with E-state index in [4.69, 9.17) is 11.6 Å². The van der Waals surface area contributed by atoms with Crippen LogP contribution in [-0.2, 0) is 10.0 Å². The number of benzene rings is 1. The Morgan fingerprint density at radius 2 is 1.96 bits per heavy atom. The lowest BCUT2D eigenvalue weighted by Gasteiger charge is -2.10. The third kappa shape index (κ3) is 3.17. The fourth-order valence-electron chi connectivity index (χ4n) is 1.93. The zero-order chi connectivity index (χ0) is 16.4. The highest BCUT2D eigenvalue weighted by molar-refractivity contribution is 7.92. The maximum Gasteiger partial charge on any atom is 0.265 e. The van der Waals surface area contributed by atoms with Crippen LogP contribution in [0.25, 0.3) is 5.82 Å². The standard InChI is InChI=1S/C14H10ClFN4O2S/c15-10-4-5-12(11(16)9-10)23(21,22)19-14-6-8-18-20(14)13-3-1-2-7-17-13/h1-9,19H. The van der Waals surface area contributed by atoms with Crippen molar-refractivity contribution in [2.45, 2.75) is 4.90 Å². The molecule has 0 atom stereocenters. The number of aromatic nitrogens is 3. The lowest BCUT2D eigenvalue weighted by atomic mass is 10.3. The summed E-state index contributed by atoms with van der Waals surface area (Å²) < 4.78 is 42.2. The first kappa shape index (κ1) is 15.4. The Morgan fingerprint density at radius 1 is 1.13 bits per heavy atom. The van der Waals surface area contributed by atoms with E-state index < -0.39 is 20.7 Å². The van der Waals surface area contributed by atoms with Crippen LogP contribution in [0.4, 0.5) is 10.2 Å². The fourth-order valence-corrected chi connectivity index (χ4v) is 3.19. The molecule has 0 radical (unpaired) electrons. The average Bonchev–Trinajstić information content (AvgIpc) is 2.95. The van der Waals surface area contributed by atoms with Crippen LogP contribution in [-0.4, -0.2) is 23.2 Å². The second kappa shape index (κ2) is 5.98. The van der Waals surface area contributed by atoms with Crippen molar-refractivity contribution in [3.63, 3.8) is 0 Å². The van der Waals surface area contributed by atoms with E-state index in [1.807, 2.05) is 0 Å². The van der Waals surface area contributed by atoms with Crippen molar-refractivity contribution in [3.05, 3.63) is 65.7 Å². The molecule has 3 rings (SSSR count). The second-order valence-corrected chi connectivity index (χ2v) is 6.58. The molecule has 0 unspecified atom stereocenters. The molecule has 0 spiro atoms. The van der Waals surface area contributed by atoms with Gasteiger partial charge in [-0.05, 0) is 30.3 Å². The van der Waals surface area contributed by atoms with Crippen LogP contribution in [0.5, 0.6) is 0 Å². The van der Waals surface area contributed by atoms with Crippen LogP contribution in [0, 0.1) is 5.82 Å². The lowest BCUT2D eigenvalue weighted by molar-refractivity contribution is 0.570. The van der Waals surface area contributed by atoms with Crippen LogP contribution < -0.4 is 4.72 Å². The molecule has 0 fully saturated rings. The molecule has 3 aromatic rings. The number of hydrogen-bond acceptors (Lipinski definition) is 4. The molecule has 23 heavy (non-hydrogen) atoms. The highest BCUT2D eigenvalue weighted by atomic mass is 35.5. The Labute approximate surface area is 136 Å². The van der Waals surface area contributed by atoms with Gasteiger partial charge in [-0.2, -0.15) is 9.78 Å². The summed E-state index contributed by atoms with van der Waals surface area (Å²) in [7, 11) is -4.13. The van der Waals surface area contributed by atoms with Crippen LogP contribution in [0.2, 0.25) is 5.02 Å². The van der Waals surface area contributed by atoms with Gasteiger partial charge in [-0.25, -0.2) is 17.8 Å². The number of anilines is 1. The van der Waals surface area contributed by atoms with Gasteiger partial charge in [-0.1, -0.05) is 17.7 Å². The number of hydrogen-bond donors (Lipinski definition) is 1. The second-order valence-electron chi connectivity index (χ2n) is 4.50. The van der Waals surface area contributed by atoms with Crippen LogP contribution in [0.1, 0.15) is 0 Å². The van der Waals surface area contributed by atoms with Gasteiger partial charge in [0.25, 0.3) is 10.0 Å². The summed E-state index contributed by atoms with van der Waals surface area (Å²) in [5, 5.41) is 4.12. The van der Waals surface area contributed by atoms with E-state index in [0.29, 0.717) is 5.82 Å². The molecule has 0 aliphatic rings. The summed E-state index contributed by atoms with van der Waals surface area (Å²) in [5.74, 6) is -0.376. The highest BCUT2D eigenvalue weighted by Gasteiger charge is 2.21. The number of sulfonamides is 1. The van der Waals surface area contributed by atoms with Crippen molar-refractivity contribution in [1.29, 1.82) is 0 Å². The number of rotatable bonds is 4. The largest absolute Gasteiger partial charge is 0.265 e. The summed E-state index contributed by atoms with van der Waals surface area (Å²) >= 11 is 5.64. The predicted molar refractivity (Wildman–Crippen MR) is 83.6 cm³/mol. The van der Waals surface area contributed by atoms with Gasteiger partial charge in [0.2, 0.25) is 0 Å². The molecule has 6 nitrogen and oxygen atoms in total. The Balaban J connectivity index is 1.98. The molecule has 2 heterocycles. The summed E-state index contributed by atoms with van der Waals surface area (Å²) in [6.07, 6.45) is 2.96. The number of halogens is 2. The molecule has 0 bridgehead atoms. The van der Waals surface area contributed by atoms with Crippen molar-refractivity contribution in [1.82, 2.24) is 14.8 Å². The first-order valence-corrected chi connectivity index (χ1v) is 8.27. The molecule has 0 saturated heterocycles. The lowest BCUT2D eigenvalue weighted by Crippen LogP contribution is -2.17. The zero-order valence-corrected chi connectivity index (χ0v) is 13.1. The van der Waals surface area contributed by atoms with Crippen LogP contribution in [0.3, 0.4) is 0 Å². The summed E-state index contributed by atoms with van der Waals surface area (Å²) in [6, 6.07) is 9.90. The van der Waals surface area contributed by atoms with Gasteiger partial charge in [-0.3, -0.25) is 4.72 Å². The van der Waals surface area contributed by atoms with Gasteiger partial charge in [0.05, 0.1) is 6.20 Å². The molecule has 1 N–H and O–H groups in total. The maximum absolute atomic E-state index is 13.9. The molecule has 118 valence electrons. The van der Waals surface area contributed by atoms with E-state index in [-0.39, 0.29) is 10.8 Å². The minimum Gasteiger partial charge on any atom is -0.263 e. The van der Waals surface area contributed by atoms with Crippen molar-refractivity contribution >= 4 is 27.4 Å². The van der Waals surface area contributed by atoms with E-state index in [1.54, 1.807) is 24.4 Å². The number of nitrogens with one attached hydrogen (secondary N) is 1. The zero-order valence-electron chi connectivity index (χ0n) is 11.5. The minimum atomic E-state index is -4.13. The number of pyridine rings is 1. The van der Waals surface area contributed by atoms with E-state index in [9.17, 15) is 12.8 Å². The molecule has 9 heteroatoms. The van der Waals surface area contributed by atoms with Crippen molar-refractivity contribution < 1.29 is 12.8 Å². The molecule has 0 saturated carbocycles. The van der Waals surface area contributed by atoms with Crippen LogP contribution in [0.15, 0.2) is 59.8 Å². The van der Waals surface area contributed by atoms with Gasteiger partial charge in [0, 0.05) is 17.3 Å². The Kier molecular flexibility index (Phi) is 4.01. The van der Waals surface area contributed by atoms with Gasteiger partial charge in [0.1, 0.15) is 16.5 Å². The quantitative estimate of drug-likeness (QED) is 0.783. The maximum atomic E-state index is 13.9. The molecule has 2 aromatic heterocycles. The SMILES string of the molecule is O=S(=O)(Nc1ccnn1-c1ccccn1)c1ccc(Cl)cc1F. The van der Waals surface area contributed by atoms with E-state index in [1.165, 1.54) is 23.0 Å². The molecular formula is C14H10ClFN4O2S.